The van der Waals surface area contributed by atoms with Gasteiger partial charge in [-0.3, -0.25) is 4.90 Å². The monoisotopic (exact) mass is 594 g/mol. The van der Waals surface area contributed by atoms with Crippen LogP contribution in [-0.4, -0.2) is 93.5 Å². The number of likely N-dealkylation sites (N-methyl/N-ethyl adjacent to an activating group) is 1. The molecule has 11 heteroatoms. The van der Waals surface area contributed by atoms with Crippen molar-refractivity contribution in [2.75, 3.05) is 77.9 Å². The Kier molecular flexibility index (Phi) is 11.0. The minimum Gasteiger partial charge on any atom is -0.494 e. The molecule has 43 heavy (non-hydrogen) atoms. The minimum atomic E-state index is -0.908. The first-order chi connectivity index (χ1) is 20.8. The third kappa shape index (κ3) is 7.83. The maximum Gasteiger partial charge on any atom is 0.227 e. The highest BCUT2D eigenvalue weighted by Crippen LogP contribution is 2.32. The first kappa shape index (κ1) is 31.8. The Morgan fingerprint density at radius 1 is 0.930 bits per heavy atom. The van der Waals surface area contributed by atoms with E-state index in [0.29, 0.717) is 29.0 Å². The van der Waals surface area contributed by atoms with Gasteiger partial charge in [0.25, 0.3) is 0 Å². The summed E-state index contributed by atoms with van der Waals surface area (Å²) in [5, 5.41) is 3.18. The second-order valence-electron chi connectivity index (χ2n) is 10.4. The van der Waals surface area contributed by atoms with Crippen LogP contribution in [0.1, 0.15) is 31.4 Å². The first-order valence-electron chi connectivity index (χ1n) is 14.3. The Bertz CT molecular complexity index is 1410. The molecule has 4 rings (SSSR count). The predicted octanol–water partition coefficient (Wildman–Crippen LogP) is 4.78. The summed E-state index contributed by atoms with van der Waals surface area (Å²) >= 11 is 0. The van der Waals surface area contributed by atoms with Crippen LogP contribution < -0.4 is 24.4 Å². The third-order valence-electron chi connectivity index (χ3n) is 7.71. The van der Waals surface area contributed by atoms with Crippen molar-refractivity contribution in [2.45, 2.75) is 26.3 Å². The van der Waals surface area contributed by atoms with Gasteiger partial charge in [-0.25, -0.2) is 18.7 Å². The minimum absolute atomic E-state index is 0.166. The first-order valence-corrected chi connectivity index (χ1v) is 14.3. The van der Waals surface area contributed by atoms with E-state index in [1.807, 2.05) is 12.1 Å². The van der Waals surface area contributed by atoms with Crippen LogP contribution in [0.25, 0.3) is 0 Å². The topological polar surface area (TPSA) is 75.2 Å². The number of anilines is 3. The number of nitrogens with zero attached hydrogens (tertiary/aromatic N) is 5. The molecule has 2 heterocycles. The van der Waals surface area contributed by atoms with Crippen LogP contribution in [0.2, 0.25) is 0 Å². The van der Waals surface area contributed by atoms with Crippen LogP contribution in [0.4, 0.5) is 26.1 Å². The Morgan fingerprint density at radius 3 is 2.14 bits per heavy atom. The maximum absolute atomic E-state index is 14.6. The SMILES string of the molecule is CCN(CCC(C)N1CCN(C)CC1)c1ccc(Nc2ncc(C#Cc3c(F)c(OC)cc(OC)c3F)cn2)c(OC)c1. The molecule has 0 spiro atoms. The molecule has 1 N–H and O–H groups in total. The van der Waals surface area contributed by atoms with Crippen LogP contribution in [0.5, 0.6) is 17.2 Å². The van der Waals surface area contributed by atoms with Gasteiger partial charge in [0.1, 0.15) is 11.3 Å². The molecular weight excluding hydrogens is 554 g/mol. The molecule has 0 radical (unpaired) electrons. The molecule has 1 aliphatic rings. The largest absolute Gasteiger partial charge is 0.494 e. The van der Waals surface area contributed by atoms with Gasteiger partial charge in [0.05, 0.1) is 32.6 Å². The average Bonchev–Trinajstić information content (AvgIpc) is 3.03. The van der Waals surface area contributed by atoms with Gasteiger partial charge in [0.2, 0.25) is 5.95 Å². The van der Waals surface area contributed by atoms with E-state index in [2.05, 4.69) is 68.8 Å². The zero-order valence-corrected chi connectivity index (χ0v) is 25.7. The van der Waals surface area contributed by atoms with Crippen LogP contribution >= 0.6 is 0 Å². The summed E-state index contributed by atoms with van der Waals surface area (Å²) in [6.07, 6.45) is 4.01. The number of hydrogen-bond donors (Lipinski definition) is 1. The molecule has 1 atom stereocenters. The number of halogens is 2. The zero-order chi connectivity index (χ0) is 30.9. The lowest BCUT2D eigenvalue weighted by Crippen LogP contribution is -2.48. The van der Waals surface area contributed by atoms with E-state index >= 15 is 0 Å². The van der Waals surface area contributed by atoms with Crippen molar-refractivity contribution in [3.05, 3.63) is 59.4 Å². The summed E-state index contributed by atoms with van der Waals surface area (Å²) in [6, 6.07) is 7.67. The van der Waals surface area contributed by atoms with Crippen LogP contribution in [-0.2, 0) is 0 Å². The number of piperazine rings is 1. The summed E-state index contributed by atoms with van der Waals surface area (Å²) in [5.74, 6) is 4.04. The number of hydrogen-bond acceptors (Lipinski definition) is 9. The fourth-order valence-electron chi connectivity index (χ4n) is 4.95. The molecule has 9 nitrogen and oxygen atoms in total. The van der Waals surface area contributed by atoms with Crippen molar-refractivity contribution in [2.24, 2.45) is 0 Å². The van der Waals surface area contributed by atoms with Crippen LogP contribution in [0, 0.1) is 23.5 Å². The standard InChI is InChI=1S/C32H40F2N6O3/c1-7-39(13-12-22(2)40-16-14-38(3)15-17-40)24-9-11-26(27(18-24)41-4)37-32-35-20-23(21-36-32)8-10-25-30(33)28(42-5)19-29(43-6)31(25)34/h9,11,18-22H,7,12-17H2,1-6H3,(H,35,36,37). The van der Waals surface area contributed by atoms with Crippen LogP contribution in [0.3, 0.4) is 0 Å². The number of ether oxygens (including phenoxy) is 3. The number of rotatable bonds is 11. The summed E-state index contributed by atoms with van der Waals surface area (Å²) in [4.78, 5) is 15.9. The Balaban J connectivity index is 1.42. The fourth-order valence-corrected chi connectivity index (χ4v) is 4.95. The van der Waals surface area contributed by atoms with Crippen molar-refractivity contribution in [3.8, 4) is 29.1 Å². The van der Waals surface area contributed by atoms with Gasteiger partial charge in [-0.15, -0.1) is 0 Å². The molecule has 3 aromatic rings. The zero-order valence-electron chi connectivity index (χ0n) is 25.7. The van der Waals surface area contributed by atoms with Gasteiger partial charge in [-0.1, -0.05) is 11.8 Å². The number of methoxy groups -OCH3 is 3. The lowest BCUT2D eigenvalue weighted by atomic mass is 10.1. The summed E-state index contributed by atoms with van der Waals surface area (Å²) in [6.45, 7) is 10.8. The van der Waals surface area contributed by atoms with Gasteiger partial charge in [-0.2, -0.15) is 0 Å². The van der Waals surface area contributed by atoms with Gasteiger partial charge in [0, 0.05) is 75.5 Å². The van der Waals surface area contributed by atoms with Gasteiger partial charge in [-0.05, 0) is 39.4 Å². The summed E-state index contributed by atoms with van der Waals surface area (Å²) in [7, 11) is 6.37. The van der Waals surface area contributed by atoms with Gasteiger partial charge < -0.3 is 29.3 Å². The quantitative estimate of drug-likeness (QED) is 0.316. The van der Waals surface area contributed by atoms with Crippen molar-refractivity contribution in [1.82, 2.24) is 19.8 Å². The van der Waals surface area contributed by atoms with E-state index in [0.717, 1.165) is 57.4 Å². The third-order valence-corrected chi connectivity index (χ3v) is 7.71. The van der Waals surface area contributed by atoms with Gasteiger partial charge in [0.15, 0.2) is 23.1 Å². The highest BCUT2D eigenvalue weighted by molar-refractivity contribution is 5.68. The highest BCUT2D eigenvalue weighted by Gasteiger charge is 2.21. The number of nitrogens with one attached hydrogen (secondary N) is 1. The van der Waals surface area contributed by atoms with Crippen LogP contribution in [0.15, 0.2) is 36.7 Å². The normalized spacial score (nSPS) is 14.4. The van der Waals surface area contributed by atoms with Crippen molar-refractivity contribution in [3.63, 3.8) is 0 Å². The van der Waals surface area contributed by atoms with Gasteiger partial charge >= 0.3 is 0 Å². The van der Waals surface area contributed by atoms with Crippen molar-refractivity contribution in [1.29, 1.82) is 0 Å². The fraction of sp³-hybridized carbons (Fsp3) is 0.438. The Hall–Kier alpha value is -4.14. The lowest BCUT2D eigenvalue weighted by molar-refractivity contribution is 0.115. The molecule has 2 aromatic carbocycles. The molecule has 1 fully saturated rings. The molecule has 0 aliphatic carbocycles. The molecule has 1 aliphatic heterocycles. The number of benzene rings is 2. The summed E-state index contributed by atoms with van der Waals surface area (Å²) in [5.41, 5.74) is 1.70. The molecular formula is C32H40F2N6O3. The molecule has 1 saturated heterocycles. The van der Waals surface area contributed by atoms with E-state index in [4.69, 9.17) is 14.2 Å². The molecule has 230 valence electrons. The van der Waals surface area contributed by atoms with E-state index in [1.165, 1.54) is 26.6 Å². The maximum atomic E-state index is 14.6. The second kappa shape index (κ2) is 14.8. The van der Waals surface area contributed by atoms with E-state index in [-0.39, 0.29) is 11.5 Å². The molecule has 0 amide bonds. The molecule has 0 saturated carbocycles. The Labute approximate surface area is 252 Å². The molecule has 1 unspecified atom stereocenters. The molecule has 0 bridgehead atoms. The lowest BCUT2D eigenvalue weighted by Gasteiger charge is -2.37. The second-order valence-corrected chi connectivity index (χ2v) is 10.4. The average molecular weight is 595 g/mol. The highest BCUT2D eigenvalue weighted by atomic mass is 19.1. The van der Waals surface area contributed by atoms with E-state index < -0.39 is 17.2 Å². The van der Waals surface area contributed by atoms with E-state index in [1.54, 1.807) is 7.11 Å². The predicted molar refractivity (Wildman–Crippen MR) is 165 cm³/mol. The van der Waals surface area contributed by atoms with E-state index in [9.17, 15) is 8.78 Å². The molecule has 1 aromatic heterocycles. The smallest absolute Gasteiger partial charge is 0.227 e. The number of aromatic nitrogens is 2. The van der Waals surface area contributed by atoms with Crippen molar-refractivity contribution < 1.29 is 23.0 Å². The Morgan fingerprint density at radius 2 is 1.56 bits per heavy atom. The van der Waals surface area contributed by atoms with Crippen molar-refractivity contribution >= 4 is 17.3 Å². The summed E-state index contributed by atoms with van der Waals surface area (Å²) < 4.78 is 44.8.